The van der Waals surface area contributed by atoms with Crippen molar-refractivity contribution >= 4 is 28.4 Å². The summed E-state index contributed by atoms with van der Waals surface area (Å²) >= 11 is 1.85. The lowest BCUT2D eigenvalue weighted by Gasteiger charge is -2.38. The average molecular weight is 258 g/mol. The molecule has 1 aliphatic heterocycles. The third-order valence-electron chi connectivity index (χ3n) is 3.17. The summed E-state index contributed by atoms with van der Waals surface area (Å²) in [6.45, 7) is 2.08. The largest absolute Gasteiger partial charge is 0.345 e. The Hall–Kier alpha value is -1.55. The predicted molar refractivity (Wildman–Crippen MR) is 74.9 cm³/mol. The normalized spacial score (nSPS) is 17.2. The van der Waals surface area contributed by atoms with Gasteiger partial charge in [-0.05, 0) is 12.3 Å². The van der Waals surface area contributed by atoms with Gasteiger partial charge in [-0.25, -0.2) is 0 Å². The number of aromatic nitrogens is 1. The van der Waals surface area contributed by atoms with Crippen molar-refractivity contribution in [1.82, 2.24) is 10.3 Å². The number of hydrogen-bond donors (Lipinski definition) is 1. The number of pyridine rings is 1. The van der Waals surface area contributed by atoms with Crippen molar-refractivity contribution in [3.63, 3.8) is 0 Å². The first-order chi connectivity index (χ1) is 8.68. The van der Waals surface area contributed by atoms with Crippen LogP contribution >= 0.6 is 11.8 Å². The second-order valence-corrected chi connectivity index (χ2v) is 5.90. The van der Waals surface area contributed by atoms with Crippen LogP contribution in [0.4, 0.5) is 0 Å². The number of hydrogen-bond acceptors (Lipinski definition) is 3. The topological polar surface area (TPSA) is 42.0 Å². The van der Waals surface area contributed by atoms with Gasteiger partial charge in [0.2, 0.25) is 0 Å². The fourth-order valence-electron chi connectivity index (χ4n) is 2.12. The van der Waals surface area contributed by atoms with Crippen LogP contribution < -0.4 is 5.32 Å². The van der Waals surface area contributed by atoms with Gasteiger partial charge in [0.25, 0.3) is 5.91 Å². The molecular weight excluding hydrogens is 244 g/mol. The van der Waals surface area contributed by atoms with Crippen LogP contribution in [-0.2, 0) is 0 Å². The molecule has 1 aromatic heterocycles. The maximum atomic E-state index is 12.3. The summed E-state index contributed by atoms with van der Waals surface area (Å²) in [6, 6.07) is 7.83. The fourth-order valence-corrected chi connectivity index (χ4v) is 3.08. The van der Waals surface area contributed by atoms with E-state index in [0.717, 1.165) is 22.3 Å². The van der Waals surface area contributed by atoms with Crippen LogP contribution in [0.3, 0.4) is 0 Å². The van der Waals surface area contributed by atoms with E-state index in [1.54, 1.807) is 12.4 Å². The summed E-state index contributed by atoms with van der Waals surface area (Å²) in [4.78, 5) is 16.4. The van der Waals surface area contributed by atoms with E-state index < -0.39 is 0 Å². The summed E-state index contributed by atoms with van der Waals surface area (Å²) in [5.41, 5.74) is 0.602. The fraction of sp³-hybridized carbons (Fsp3) is 0.286. The minimum atomic E-state index is -0.0569. The number of benzene rings is 1. The Morgan fingerprint density at radius 3 is 2.83 bits per heavy atom. The number of carbonyl (C=O) groups excluding carboxylic acids is 1. The monoisotopic (exact) mass is 258 g/mol. The van der Waals surface area contributed by atoms with Gasteiger partial charge in [-0.1, -0.05) is 24.3 Å². The lowest BCUT2D eigenvalue weighted by atomic mass is 10.0. The summed E-state index contributed by atoms with van der Waals surface area (Å²) in [7, 11) is 0. The zero-order valence-corrected chi connectivity index (χ0v) is 11.0. The Morgan fingerprint density at radius 2 is 2.11 bits per heavy atom. The number of amides is 1. The molecule has 0 bridgehead atoms. The van der Waals surface area contributed by atoms with Gasteiger partial charge in [0.15, 0.2) is 0 Å². The predicted octanol–water partition coefficient (Wildman–Crippen LogP) is 2.47. The van der Waals surface area contributed by atoms with Gasteiger partial charge < -0.3 is 5.32 Å². The van der Waals surface area contributed by atoms with Crippen LogP contribution in [-0.4, -0.2) is 27.9 Å². The molecule has 1 fully saturated rings. The highest BCUT2D eigenvalue weighted by Gasteiger charge is 2.34. The maximum Gasteiger partial charge on any atom is 0.253 e. The Bertz CT molecular complexity index is 602. The summed E-state index contributed by atoms with van der Waals surface area (Å²) in [6.07, 6.45) is 3.43. The first-order valence-electron chi connectivity index (χ1n) is 5.91. The molecule has 0 unspecified atom stereocenters. The quantitative estimate of drug-likeness (QED) is 0.899. The molecule has 0 radical (unpaired) electrons. The number of thioether (sulfide) groups is 1. The molecule has 1 aromatic carbocycles. The summed E-state index contributed by atoms with van der Waals surface area (Å²) in [5.74, 6) is 1.94. The first-order valence-corrected chi connectivity index (χ1v) is 7.06. The van der Waals surface area contributed by atoms with E-state index >= 15 is 0 Å². The number of fused-ring (bicyclic) bond motifs is 1. The Labute approximate surface area is 110 Å². The highest BCUT2D eigenvalue weighted by molar-refractivity contribution is 8.00. The van der Waals surface area contributed by atoms with Crippen molar-refractivity contribution in [3.8, 4) is 0 Å². The molecule has 92 valence electrons. The van der Waals surface area contributed by atoms with E-state index in [0.29, 0.717) is 5.56 Å². The zero-order chi connectivity index (χ0) is 12.6. The zero-order valence-electron chi connectivity index (χ0n) is 10.1. The molecular formula is C14H14N2OS. The molecule has 1 aliphatic rings. The number of nitrogens with one attached hydrogen (secondary N) is 1. The third kappa shape index (κ3) is 1.97. The Kier molecular flexibility index (Phi) is 2.74. The van der Waals surface area contributed by atoms with Crippen LogP contribution in [0, 0.1) is 0 Å². The van der Waals surface area contributed by atoms with Crippen LogP contribution in [0.15, 0.2) is 36.7 Å². The number of rotatable bonds is 2. The molecule has 3 nitrogen and oxygen atoms in total. The SMILES string of the molecule is CC1(NC(=O)c2cncc3ccccc23)CSC1. The maximum absolute atomic E-state index is 12.3. The molecule has 18 heavy (non-hydrogen) atoms. The van der Waals surface area contributed by atoms with Gasteiger partial charge in [0, 0.05) is 29.3 Å². The van der Waals surface area contributed by atoms with Gasteiger partial charge in [-0.2, -0.15) is 11.8 Å². The highest BCUT2D eigenvalue weighted by atomic mass is 32.2. The first kappa shape index (κ1) is 11.5. The molecule has 2 aromatic rings. The minimum Gasteiger partial charge on any atom is -0.345 e. The van der Waals surface area contributed by atoms with Gasteiger partial charge in [-0.3, -0.25) is 9.78 Å². The van der Waals surface area contributed by atoms with E-state index in [-0.39, 0.29) is 11.4 Å². The standard InChI is InChI=1S/C14H14N2OS/c1-14(8-18-9-14)16-13(17)12-7-15-6-10-4-2-3-5-11(10)12/h2-7H,8-9H2,1H3,(H,16,17). The molecule has 0 spiro atoms. The summed E-state index contributed by atoms with van der Waals surface area (Å²) in [5, 5.41) is 5.06. The smallest absolute Gasteiger partial charge is 0.253 e. The van der Waals surface area contributed by atoms with E-state index in [1.807, 2.05) is 36.0 Å². The minimum absolute atomic E-state index is 0.0258. The summed E-state index contributed by atoms with van der Waals surface area (Å²) < 4.78 is 0. The van der Waals surface area contributed by atoms with Crippen molar-refractivity contribution in [2.24, 2.45) is 0 Å². The lowest BCUT2D eigenvalue weighted by molar-refractivity contribution is 0.0920. The van der Waals surface area contributed by atoms with Gasteiger partial charge in [0.05, 0.1) is 11.1 Å². The molecule has 1 N–H and O–H groups in total. The Balaban J connectivity index is 1.96. The molecule has 0 saturated carbocycles. The van der Waals surface area contributed by atoms with E-state index in [1.165, 1.54) is 0 Å². The molecule has 0 atom stereocenters. The van der Waals surface area contributed by atoms with Gasteiger partial charge >= 0.3 is 0 Å². The van der Waals surface area contributed by atoms with Crippen molar-refractivity contribution in [2.45, 2.75) is 12.5 Å². The molecule has 1 saturated heterocycles. The van der Waals surface area contributed by atoms with Crippen molar-refractivity contribution in [3.05, 3.63) is 42.2 Å². The Morgan fingerprint density at radius 1 is 1.33 bits per heavy atom. The molecule has 1 amide bonds. The third-order valence-corrected chi connectivity index (χ3v) is 4.85. The van der Waals surface area contributed by atoms with E-state index in [4.69, 9.17) is 0 Å². The van der Waals surface area contributed by atoms with Gasteiger partial charge in [-0.15, -0.1) is 0 Å². The molecule has 0 aliphatic carbocycles. The second kappa shape index (κ2) is 4.28. The highest BCUT2D eigenvalue weighted by Crippen LogP contribution is 2.29. The van der Waals surface area contributed by atoms with Crippen LogP contribution in [0.2, 0.25) is 0 Å². The van der Waals surface area contributed by atoms with Crippen molar-refractivity contribution in [2.75, 3.05) is 11.5 Å². The number of nitrogens with zero attached hydrogens (tertiary/aromatic N) is 1. The lowest BCUT2D eigenvalue weighted by Crippen LogP contribution is -2.55. The van der Waals surface area contributed by atoms with Gasteiger partial charge in [0.1, 0.15) is 0 Å². The molecule has 3 rings (SSSR count). The second-order valence-electron chi connectivity index (χ2n) is 4.92. The van der Waals surface area contributed by atoms with Crippen LogP contribution in [0.1, 0.15) is 17.3 Å². The van der Waals surface area contributed by atoms with E-state index in [9.17, 15) is 4.79 Å². The molecule has 4 heteroatoms. The van der Waals surface area contributed by atoms with Crippen LogP contribution in [0.5, 0.6) is 0 Å². The molecule has 2 heterocycles. The van der Waals surface area contributed by atoms with Crippen molar-refractivity contribution in [1.29, 1.82) is 0 Å². The van der Waals surface area contributed by atoms with E-state index in [2.05, 4.69) is 17.2 Å². The number of carbonyl (C=O) groups is 1. The van der Waals surface area contributed by atoms with Crippen LogP contribution in [0.25, 0.3) is 10.8 Å². The average Bonchev–Trinajstić information content (AvgIpc) is 2.36. The van der Waals surface area contributed by atoms with Crippen molar-refractivity contribution < 1.29 is 4.79 Å².